The van der Waals surface area contributed by atoms with E-state index in [-0.39, 0.29) is 0 Å². The molecule has 0 aromatic carbocycles. The molecule has 32 heavy (non-hydrogen) atoms. The quantitative estimate of drug-likeness (QED) is 0.111. The van der Waals surface area contributed by atoms with E-state index < -0.39 is 11.7 Å². The van der Waals surface area contributed by atoms with Crippen molar-refractivity contribution in [2.45, 2.75) is 26.4 Å². The number of halogens is 1. The minimum Gasteiger partial charge on any atom is -0.444 e. The Bertz CT molecular complexity index is 411. The molecule has 0 aromatic heterocycles. The van der Waals surface area contributed by atoms with Gasteiger partial charge < -0.3 is 43.2 Å². The molecule has 192 valence electrons. The molecule has 0 radical (unpaired) electrons. The van der Waals surface area contributed by atoms with Gasteiger partial charge in [0.1, 0.15) is 5.60 Å². The van der Waals surface area contributed by atoms with Crippen LogP contribution >= 0.6 is 22.6 Å². The van der Waals surface area contributed by atoms with Crippen LogP contribution in [-0.2, 0) is 37.9 Å². The predicted molar refractivity (Wildman–Crippen MR) is 129 cm³/mol. The number of carbonyl (C=O) groups excluding carboxylic acids is 1. The zero-order valence-electron chi connectivity index (χ0n) is 19.9. The maximum absolute atomic E-state index is 11.4. The summed E-state index contributed by atoms with van der Waals surface area (Å²) in [6, 6.07) is 0. The highest BCUT2D eigenvalue weighted by atomic mass is 127. The fourth-order valence-corrected chi connectivity index (χ4v) is 2.33. The molecule has 0 aliphatic heterocycles. The van der Waals surface area contributed by atoms with E-state index in [9.17, 15) is 4.79 Å². The van der Waals surface area contributed by atoms with Gasteiger partial charge in [-0.05, 0) is 20.8 Å². The predicted octanol–water partition coefficient (Wildman–Crippen LogP) is 2.06. The van der Waals surface area contributed by atoms with Crippen LogP contribution < -0.4 is 5.32 Å². The number of alkyl carbamates (subject to hydrolysis) is 1. The first-order chi connectivity index (χ1) is 15.5. The third kappa shape index (κ3) is 27.8. The molecule has 0 spiro atoms. The second kappa shape index (κ2) is 23.9. The average molecular weight is 579 g/mol. The molecule has 0 aromatic rings. The zero-order valence-corrected chi connectivity index (χ0v) is 22.0. The van der Waals surface area contributed by atoms with Gasteiger partial charge in [-0.15, -0.1) is 0 Å². The summed E-state index contributed by atoms with van der Waals surface area (Å²) in [6.07, 6.45) is -0.445. The minimum absolute atomic E-state index is 0.394. The van der Waals surface area contributed by atoms with E-state index in [0.717, 1.165) is 11.0 Å². The lowest BCUT2D eigenvalue weighted by Gasteiger charge is -2.19. The van der Waals surface area contributed by atoms with Crippen LogP contribution in [0.25, 0.3) is 0 Å². The number of carbonyl (C=O) groups is 1. The van der Waals surface area contributed by atoms with Crippen LogP contribution in [0, 0.1) is 0 Å². The lowest BCUT2D eigenvalue weighted by molar-refractivity contribution is -0.0199. The average Bonchev–Trinajstić information content (AvgIpc) is 2.73. The molecule has 0 bridgehead atoms. The van der Waals surface area contributed by atoms with E-state index in [1.54, 1.807) is 0 Å². The molecule has 0 heterocycles. The molecular weight excluding hydrogens is 537 g/mol. The second-order valence-electron chi connectivity index (χ2n) is 7.40. The molecular formula is C21H42INO9. The van der Waals surface area contributed by atoms with Crippen LogP contribution in [0.4, 0.5) is 4.79 Å². The van der Waals surface area contributed by atoms with Crippen LogP contribution in [0.3, 0.4) is 0 Å². The Balaban J connectivity index is 3.10. The maximum Gasteiger partial charge on any atom is 0.407 e. The van der Waals surface area contributed by atoms with Crippen molar-refractivity contribution < 1.29 is 42.7 Å². The van der Waals surface area contributed by atoms with E-state index in [1.165, 1.54) is 0 Å². The van der Waals surface area contributed by atoms with Crippen molar-refractivity contribution in [1.82, 2.24) is 5.32 Å². The topological polar surface area (TPSA) is 103 Å². The summed E-state index contributed by atoms with van der Waals surface area (Å²) in [4.78, 5) is 11.4. The van der Waals surface area contributed by atoms with Gasteiger partial charge in [0.2, 0.25) is 0 Å². The van der Waals surface area contributed by atoms with Crippen LogP contribution in [0.15, 0.2) is 0 Å². The highest BCUT2D eigenvalue weighted by molar-refractivity contribution is 14.1. The Morgan fingerprint density at radius 2 is 0.906 bits per heavy atom. The van der Waals surface area contributed by atoms with Gasteiger partial charge in [0.05, 0.1) is 92.5 Å². The van der Waals surface area contributed by atoms with Crippen molar-refractivity contribution >= 4 is 28.7 Å². The third-order valence-electron chi connectivity index (χ3n) is 3.37. The largest absolute Gasteiger partial charge is 0.444 e. The molecule has 0 saturated heterocycles. The number of ether oxygens (including phenoxy) is 8. The van der Waals surface area contributed by atoms with Gasteiger partial charge in [0, 0.05) is 11.0 Å². The normalized spacial score (nSPS) is 11.6. The highest BCUT2D eigenvalue weighted by Crippen LogP contribution is 2.06. The molecule has 0 fully saturated rings. The molecule has 10 nitrogen and oxygen atoms in total. The number of hydrogen-bond donors (Lipinski definition) is 1. The van der Waals surface area contributed by atoms with Gasteiger partial charge in [-0.3, -0.25) is 0 Å². The van der Waals surface area contributed by atoms with Crippen LogP contribution in [0.5, 0.6) is 0 Å². The molecule has 0 saturated carbocycles. The van der Waals surface area contributed by atoms with E-state index >= 15 is 0 Å². The molecule has 1 amide bonds. The molecule has 1 N–H and O–H groups in total. The van der Waals surface area contributed by atoms with Gasteiger partial charge in [0.25, 0.3) is 0 Å². The van der Waals surface area contributed by atoms with E-state index in [2.05, 4.69) is 27.9 Å². The van der Waals surface area contributed by atoms with Crippen LogP contribution in [0.1, 0.15) is 20.8 Å². The lowest BCUT2D eigenvalue weighted by Crippen LogP contribution is -2.34. The first-order valence-corrected chi connectivity index (χ1v) is 12.6. The summed E-state index contributed by atoms with van der Waals surface area (Å²) in [5.74, 6) is 0. The summed E-state index contributed by atoms with van der Waals surface area (Å²) in [5, 5.41) is 2.62. The number of rotatable bonds is 23. The van der Waals surface area contributed by atoms with Crippen molar-refractivity contribution in [3.63, 3.8) is 0 Å². The van der Waals surface area contributed by atoms with Gasteiger partial charge in [0.15, 0.2) is 0 Å². The molecule has 0 unspecified atom stereocenters. The van der Waals surface area contributed by atoms with Gasteiger partial charge in [-0.25, -0.2) is 4.79 Å². The Labute approximate surface area is 206 Å². The highest BCUT2D eigenvalue weighted by Gasteiger charge is 2.15. The fourth-order valence-electron chi connectivity index (χ4n) is 2.02. The van der Waals surface area contributed by atoms with Gasteiger partial charge in [-0.2, -0.15) is 0 Å². The second-order valence-corrected chi connectivity index (χ2v) is 8.48. The van der Waals surface area contributed by atoms with Crippen molar-refractivity contribution in [1.29, 1.82) is 0 Å². The van der Waals surface area contributed by atoms with E-state index in [4.69, 9.17) is 37.9 Å². The third-order valence-corrected chi connectivity index (χ3v) is 3.81. The monoisotopic (exact) mass is 579 g/mol. The number of amides is 1. The Kier molecular flexibility index (Phi) is 23.7. The molecule has 0 atom stereocenters. The molecule has 0 rings (SSSR count). The number of nitrogens with one attached hydrogen (secondary N) is 1. The minimum atomic E-state index is -0.499. The molecule has 11 heteroatoms. The van der Waals surface area contributed by atoms with E-state index in [0.29, 0.717) is 92.4 Å². The summed E-state index contributed by atoms with van der Waals surface area (Å²) in [7, 11) is 0. The first-order valence-electron chi connectivity index (χ1n) is 11.0. The van der Waals surface area contributed by atoms with Gasteiger partial charge >= 0.3 is 6.09 Å². The number of alkyl halides is 1. The van der Waals surface area contributed by atoms with Crippen molar-refractivity contribution in [2.24, 2.45) is 0 Å². The molecule has 0 aliphatic rings. The fraction of sp³-hybridized carbons (Fsp3) is 0.952. The Hall–Kier alpha value is -0.280. The van der Waals surface area contributed by atoms with Gasteiger partial charge in [-0.1, -0.05) is 22.6 Å². The Morgan fingerprint density at radius 3 is 1.22 bits per heavy atom. The van der Waals surface area contributed by atoms with Crippen molar-refractivity contribution in [3.05, 3.63) is 0 Å². The summed E-state index contributed by atoms with van der Waals surface area (Å²) < 4.78 is 43.8. The number of hydrogen-bond acceptors (Lipinski definition) is 9. The van der Waals surface area contributed by atoms with Crippen molar-refractivity contribution in [2.75, 3.05) is 103 Å². The van der Waals surface area contributed by atoms with E-state index in [1.807, 2.05) is 20.8 Å². The van der Waals surface area contributed by atoms with Crippen molar-refractivity contribution in [3.8, 4) is 0 Å². The Morgan fingerprint density at radius 1 is 0.594 bits per heavy atom. The van der Waals surface area contributed by atoms with Crippen LogP contribution in [-0.4, -0.2) is 115 Å². The SMILES string of the molecule is CC(C)(C)OC(=O)NCCOCCOCCOCCOCCOCCOCCOCCI. The summed E-state index contributed by atoms with van der Waals surface area (Å²) in [6.45, 7) is 13.3. The smallest absolute Gasteiger partial charge is 0.407 e. The first kappa shape index (κ1) is 31.7. The lowest BCUT2D eigenvalue weighted by atomic mass is 10.2. The molecule has 0 aliphatic carbocycles. The maximum atomic E-state index is 11.4. The summed E-state index contributed by atoms with van der Waals surface area (Å²) in [5.41, 5.74) is -0.499. The standard InChI is InChI=1S/C21H42INO9/c1-21(2,3)32-20(24)23-5-7-26-9-11-28-13-15-30-17-19-31-18-16-29-14-12-27-10-8-25-6-4-22/h4-19H2,1-3H3,(H,23,24). The zero-order chi connectivity index (χ0) is 23.8. The summed E-state index contributed by atoms with van der Waals surface area (Å²) >= 11 is 2.27. The van der Waals surface area contributed by atoms with Crippen LogP contribution in [0.2, 0.25) is 0 Å².